The minimum absolute atomic E-state index is 0.346. The molecular weight excluding hydrogens is 133 g/mol. The molecule has 0 aliphatic rings. The Labute approximate surface area is 58.9 Å². The monoisotopic (exact) mass is 149 g/mol. The molecule has 1 N–H and O–H groups in total. The van der Waals surface area contributed by atoms with Gasteiger partial charge < -0.3 is 4.52 Å². The van der Waals surface area contributed by atoms with Gasteiger partial charge in [0.25, 0.3) is 0 Å². The fraction of sp³-hybridized carbons (Fsp3) is 1.00. The smallest absolute Gasteiger partial charge is 0.101 e. The molecule has 0 aliphatic carbocycles. The second kappa shape index (κ2) is 5.16. The summed E-state index contributed by atoms with van der Waals surface area (Å²) in [6, 6.07) is 0.538. The van der Waals surface area contributed by atoms with E-state index in [1.807, 2.05) is 0 Å². The van der Waals surface area contributed by atoms with Gasteiger partial charge >= 0.3 is 0 Å². The van der Waals surface area contributed by atoms with Crippen molar-refractivity contribution < 1.29 is 4.52 Å². The molecule has 1 unspecified atom stereocenters. The highest BCUT2D eigenvalue weighted by Crippen LogP contribution is 2.29. The third-order valence-electron chi connectivity index (χ3n) is 0.910. The van der Waals surface area contributed by atoms with Crippen LogP contribution in [0.2, 0.25) is 0 Å². The van der Waals surface area contributed by atoms with E-state index in [0.717, 1.165) is 6.16 Å². The first-order valence-electron chi connectivity index (χ1n) is 3.28. The Morgan fingerprint density at radius 2 is 2.11 bits per heavy atom. The molecule has 0 aromatic rings. The van der Waals surface area contributed by atoms with Crippen LogP contribution >= 0.6 is 8.30 Å². The molecule has 0 aromatic carbocycles. The van der Waals surface area contributed by atoms with Crippen LogP contribution in [0.25, 0.3) is 0 Å². The molecule has 2 nitrogen and oxygen atoms in total. The highest BCUT2D eigenvalue weighted by molar-refractivity contribution is 7.50. The van der Waals surface area contributed by atoms with Crippen LogP contribution < -0.4 is 5.09 Å². The molecule has 0 saturated heterocycles. The van der Waals surface area contributed by atoms with Crippen molar-refractivity contribution in [2.45, 2.75) is 26.8 Å². The molecule has 0 bridgehead atoms. The van der Waals surface area contributed by atoms with E-state index < -0.39 is 0 Å². The highest BCUT2D eigenvalue weighted by atomic mass is 31.2. The van der Waals surface area contributed by atoms with Crippen molar-refractivity contribution in [3.05, 3.63) is 0 Å². The largest absolute Gasteiger partial charge is 0.347 e. The predicted molar refractivity (Wildman–Crippen MR) is 42.7 cm³/mol. The van der Waals surface area contributed by atoms with Gasteiger partial charge in [-0.15, -0.1) is 0 Å². The standard InChI is InChI=1S/C6H16NOP/c1-5-9(8-4)7-6(2)3/h6-7H,5H2,1-4H3. The van der Waals surface area contributed by atoms with Crippen molar-refractivity contribution in [1.82, 2.24) is 5.09 Å². The maximum Gasteiger partial charge on any atom is 0.101 e. The van der Waals surface area contributed by atoms with Crippen molar-refractivity contribution in [3.8, 4) is 0 Å². The first kappa shape index (κ1) is 9.35. The zero-order valence-corrected chi connectivity index (χ0v) is 7.53. The Morgan fingerprint density at radius 1 is 1.56 bits per heavy atom. The van der Waals surface area contributed by atoms with Gasteiger partial charge in [-0.05, 0) is 13.8 Å². The second-order valence-electron chi connectivity index (χ2n) is 2.16. The summed E-state index contributed by atoms with van der Waals surface area (Å²) < 4.78 is 5.16. The lowest BCUT2D eigenvalue weighted by molar-refractivity contribution is 0.447. The number of rotatable bonds is 4. The van der Waals surface area contributed by atoms with Crippen LogP contribution in [0.5, 0.6) is 0 Å². The van der Waals surface area contributed by atoms with Crippen LogP contribution in [0, 0.1) is 0 Å². The zero-order chi connectivity index (χ0) is 7.28. The normalized spacial score (nSPS) is 14.3. The van der Waals surface area contributed by atoms with E-state index in [0.29, 0.717) is 6.04 Å². The average molecular weight is 149 g/mol. The molecule has 1 atom stereocenters. The average Bonchev–Trinajstić information content (AvgIpc) is 1.82. The molecule has 0 amide bonds. The molecule has 0 rings (SSSR count). The number of hydrogen-bond donors (Lipinski definition) is 1. The molecule has 0 heterocycles. The van der Waals surface area contributed by atoms with Crippen LogP contribution in [0.3, 0.4) is 0 Å². The van der Waals surface area contributed by atoms with Crippen molar-refractivity contribution in [2.24, 2.45) is 0 Å². The Balaban J connectivity index is 3.31. The number of hydrogen-bond acceptors (Lipinski definition) is 2. The molecule has 3 heteroatoms. The van der Waals surface area contributed by atoms with Gasteiger partial charge in [0.05, 0.1) is 0 Å². The summed E-state index contributed by atoms with van der Waals surface area (Å²) in [5.41, 5.74) is 0. The summed E-state index contributed by atoms with van der Waals surface area (Å²) in [5, 5.41) is 3.32. The minimum Gasteiger partial charge on any atom is -0.347 e. The van der Waals surface area contributed by atoms with Crippen LogP contribution in [-0.2, 0) is 4.52 Å². The van der Waals surface area contributed by atoms with Gasteiger partial charge in [0, 0.05) is 19.3 Å². The van der Waals surface area contributed by atoms with Gasteiger partial charge in [-0.1, -0.05) is 6.92 Å². The predicted octanol–water partition coefficient (Wildman–Crippen LogP) is 1.96. The molecule has 0 aliphatic heterocycles. The molecule has 0 saturated carbocycles. The Morgan fingerprint density at radius 3 is 2.22 bits per heavy atom. The minimum atomic E-state index is -0.346. The van der Waals surface area contributed by atoms with Crippen molar-refractivity contribution in [2.75, 3.05) is 13.3 Å². The summed E-state index contributed by atoms with van der Waals surface area (Å²) in [4.78, 5) is 0. The van der Waals surface area contributed by atoms with Crippen molar-refractivity contribution >= 4 is 8.30 Å². The third kappa shape index (κ3) is 4.83. The maximum atomic E-state index is 5.16. The van der Waals surface area contributed by atoms with Crippen LogP contribution in [-0.4, -0.2) is 19.3 Å². The van der Waals surface area contributed by atoms with Gasteiger partial charge in [0.15, 0.2) is 0 Å². The second-order valence-corrected chi connectivity index (χ2v) is 4.17. The Hall–Kier alpha value is 0.350. The van der Waals surface area contributed by atoms with E-state index in [1.165, 1.54) is 0 Å². The van der Waals surface area contributed by atoms with Crippen molar-refractivity contribution in [3.63, 3.8) is 0 Å². The summed E-state index contributed by atoms with van der Waals surface area (Å²) in [5.74, 6) is 0. The lowest BCUT2D eigenvalue weighted by Crippen LogP contribution is -2.18. The van der Waals surface area contributed by atoms with E-state index in [2.05, 4.69) is 25.9 Å². The summed E-state index contributed by atoms with van der Waals surface area (Å²) in [6.45, 7) is 6.39. The fourth-order valence-corrected chi connectivity index (χ4v) is 1.68. The maximum absolute atomic E-state index is 5.16. The van der Waals surface area contributed by atoms with Gasteiger partial charge in [-0.25, -0.2) is 0 Å². The van der Waals surface area contributed by atoms with Crippen molar-refractivity contribution in [1.29, 1.82) is 0 Å². The molecular formula is C6H16NOP. The lowest BCUT2D eigenvalue weighted by Gasteiger charge is -2.16. The van der Waals surface area contributed by atoms with Gasteiger partial charge in [0.2, 0.25) is 0 Å². The highest BCUT2D eigenvalue weighted by Gasteiger charge is 2.03. The molecule has 56 valence electrons. The summed E-state index contributed by atoms with van der Waals surface area (Å²) >= 11 is 0. The Bertz CT molecular complexity index is 64.1. The summed E-state index contributed by atoms with van der Waals surface area (Å²) in [6.07, 6.45) is 1.09. The summed E-state index contributed by atoms with van der Waals surface area (Å²) in [7, 11) is 1.41. The molecule has 9 heavy (non-hydrogen) atoms. The van der Waals surface area contributed by atoms with E-state index in [-0.39, 0.29) is 8.30 Å². The quantitative estimate of drug-likeness (QED) is 0.617. The SMILES string of the molecule is CCP(NC(C)C)OC. The van der Waals surface area contributed by atoms with E-state index in [9.17, 15) is 0 Å². The van der Waals surface area contributed by atoms with E-state index >= 15 is 0 Å². The van der Waals surface area contributed by atoms with E-state index in [4.69, 9.17) is 4.52 Å². The number of nitrogens with one attached hydrogen (secondary N) is 1. The lowest BCUT2D eigenvalue weighted by atomic mass is 10.4. The first-order valence-corrected chi connectivity index (χ1v) is 4.73. The Kier molecular flexibility index (Phi) is 5.36. The topological polar surface area (TPSA) is 21.3 Å². The molecule has 0 radical (unpaired) electrons. The van der Waals surface area contributed by atoms with Gasteiger partial charge in [-0.2, -0.15) is 0 Å². The van der Waals surface area contributed by atoms with Crippen LogP contribution in [0.1, 0.15) is 20.8 Å². The zero-order valence-electron chi connectivity index (χ0n) is 6.64. The molecule has 0 spiro atoms. The van der Waals surface area contributed by atoms with Gasteiger partial charge in [0.1, 0.15) is 8.30 Å². The third-order valence-corrected chi connectivity index (χ3v) is 2.73. The van der Waals surface area contributed by atoms with Crippen LogP contribution in [0.4, 0.5) is 0 Å². The first-order chi connectivity index (χ1) is 4.20. The van der Waals surface area contributed by atoms with Crippen LogP contribution in [0.15, 0.2) is 0 Å². The van der Waals surface area contributed by atoms with E-state index in [1.54, 1.807) is 7.11 Å². The molecule has 0 fully saturated rings. The fourth-order valence-electron chi connectivity index (χ4n) is 0.561. The molecule has 0 aromatic heterocycles. The van der Waals surface area contributed by atoms with Gasteiger partial charge in [-0.3, -0.25) is 5.09 Å².